The largest absolute Gasteiger partial charge is 0.262 e. The molecule has 90 valence electrons. The topological polar surface area (TPSA) is 54.5 Å². The minimum Gasteiger partial charge on any atom is -0.262 e. The van der Waals surface area contributed by atoms with Gasteiger partial charge >= 0.3 is 0 Å². The normalized spacial score (nSPS) is 11.1. The number of nitrogens with one attached hydrogen (secondary N) is 1. The van der Waals surface area contributed by atoms with Gasteiger partial charge in [-0.05, 0) is 28.1 Å². The van der Waals surface area contributed by atoms with E-state index in [0.29, 0.717) is 5.92 Å². The molecule has 6 heteroatoms. The fourth-order valence-corrected chi connectivity index (χ4v) is 2.59. The van der Waals surface area contributed by atoms with Crippen molar-refractivity contribution in [3.05, 3.63) is 34.3 Å². The van der Waals surface area contributed by atoms with Gasteiger partial charge in [0.2, 0.25) is 5.16 Å². The molecule has 0 aliphatic rings. The van der Waals surface area contributed by atoms with Gasteiger partial charge in [-0.25, -0.2) is 4.98 Å². The monoisotopic (exact) mass is 312 g/mol. The van der Waals surface area contributed by atoms with Crippen molar-refractivity contribution >= 4 is 27.7 Å². The van der Waals surface area contributed by atoms with Gasteiger partial charge in [-0.2, -0.15) is 0 Å². The predicted octanol–water partition coefficient (Wildman–Crippen LogP) is 3.38. The van der Waals surface area contributed by atoms with Crippen molar-refractivity contribution in [2.45, 2.75) is 30.7 Å². The second kappa shape index (κ2) is 5.64. The van der Waals surface area contributed by atoms with E-state index in [-0.39, 0.29) is 0 Å². The minimum absolute atomic E-state index is 0.374. The zero-order valence-electron chi connectivity index (χ0n) is 9.64. The average Bonchev–Trinajstić information content (AvgIpc) is 2.77. The molecule has 0 saturated carbocycles. The van der Waals surface area contributed by atoms with Gasteiger partial charge in [-0.3, -0.25) is 10.1 Å². The van der Waals surface area contributed by atoms with Gasteiger partial charge in [-0.1, -0.05) is 25.6 Å². The number of rotatable bonds is 4. The smallest absolute Gasteiger partial charge is 0.208 e. The van der Waals surface area contributed by atoms with Gasteiger partial charge in [0.25, 0.3) is 0 Å². The van der Waals surface area contributed by atoms with Crippen LogP contribution in [0.25, 0.3) is 0 Å². The molecule has 0 aliphatic carbocycles. The summed E-state index contributed by atoms with van der Waals surface area (Å²) in [4.78, 5) is 8.71. The highest BCUT2D eigenvalue weighted by atomic mass is 79.9. The van der Waals surface area contributed by atoms with E-state index in [4.69, 9.17) is 0 Å². The van der Waals surface area contributed by atoms with E-state index in [9.17, 15) is 0 Å². The Kier molecular flexibility index (Phi) is 4.17. The molecule has 17 heavy (non-hydrogen) atoms. The number of H-pyrrole nitrogens is 1. The number of aromatic nitrogens is 4. The SMILES string of the molecule is CC(C)c1nc(SCc2ncccc2Br)n[nH]1. The van der Waals surface area contributed by atoms with Crippen LogP contribution in [-0.2, 0) is 5.75 Å². The zero-order chi connectivity index (χ0) is 12.3. The van der Waals surface area contributed by atoms with E-state index in [1.807, 2.05) is 12.1 Å². The second-order valence-electron chi connectivity index (χ2n) is 3.88. The van der Waals surface area contributed by atoms with Crippen LogP contribution in [0, 0.1) is 0 Å². The predicted molar refractivity (Wildman–Crippen MR) is 72.0 cm³/mol. The van der Waals surface area contributed by atoms with Crippen LogP contribution in [0.2, 0.25) is 0 Å². The molecule has 0 atom stereocenters. The van der Waals surface area contributed by atoms with Crippen molar-refractivity contribution in [3.8, 4) is 0 Å². The fraction of sp³-hybridized carbons (Fsp3) is 0.364. The molecule has 0 spiro atoms. The van der Waals surface area contributed by atoms with Crippen molar-refractivity contribution in [3.63, 3.8) is 0 Å². The third-order valence-electron chi connectivity index (χ3n) is 2.20. The first-order chi connectivity index (χ1) is 8.16. The maximum atomic E-state index is 4.41. The Balaban J connectivity index is 2.00. The molecule has 0 fully saturated rings. The molecular formula is C11H13BrN4S. The third-order valence-corrected chi connectivity index (χ3v) is 3.78. The summed E-state index contributed by atoms with van der Waals surface area (Å²) in [6.45, 7) is 4.18. The molecule has 0 saturated heterocycles. The maximum absolute atomic E-state index is 4.41. The van der Waals surface area contributed by atoms with Crippen LogP contribution in [0.1, 0.15) is 31.3 Å². The van der Waals surface area contributed by atoms with Crippen LogP contribution in [-0.4, -0.2) is 20.2 Å². The van der Waals surface area contributed by atoms with Gasteiger partial charge in [0.1, 0.15) is 5.82 Å². The highest BCUT2D eigenvalue weighted by Crippen LogP contribution is 2.23. The van der Waals surface area contributed by atoms with E-state index in [1.165, 1.54) is 0 Å². The minimum atomic E-state index is 0.374. The first-order valence-corrected chi connectivity index (χ1v) is 7.09. The summed E-state index contributed by atoms with van der Waals surface area (Å²) in [7, 11) is 0. The molecule has 0 aromatic carbocycles. The quantitative estimate of drug-likeness (QED) is 0.879. The first kappa shape index (κ1) is 12.6. The van der Waals surface area contributed by atoms with Crippen LogP contribution in [0.5, 0.6) is 0 Å². The Bertz CT molecular complexity index is 498. The van der Waals surface area contributed by atoms with E-state index in [0.717, 1.165) is 26.9 Å². The molecule has 0 radical (unpaired) electrons. The molecule has 2 rings (SSSR count). The summed E-state index contributed by atoms with van der Waals surface area (Å²) in [6.07, 6.45) is 1.79. The number of hydrogen-bond acceptors (Lipinski definition) is 4. The van der Waals surface area contributed by atoms with E-state index >= 15 is 0 Å². The standard InChI is InChI=1S/C11H13BrN4S/c1-7(2)10-14-11(16-15-10)17-6-9-8(12)4-3-5-13-9/h3-5,7H,6H2,1-2H3,(H,14,15,16). The summed E-state index contributed by atoms with van der Waals surface area (Å²) in [6, 6.07) is 3.89. The lowest BCUT2D eigenvalue weighted by Gasteiger charge is -2.00. The summed E-state index contributed by atoms with van der Waals surface area (Å²) < 4.78 is 1.02. The lowest BCUT2D eigenvalue weighted by atomic mass is 10.2. The van der Waals surface area contributed by atoms with Gasteiger partial charge in [0, 0.05) is 22.3 Å². The van der Waals surface area contributed by atoms with E-state index in [2.05, 4.69) is 49.9 Å². The summed E-state index contributed by atoms with van der Waals surface area (Å²) in [5, 5.41) is 7.88. The summed E-state index contributed by atoms with van der Waals surface area (Å²) in [5.41, 5.74) is 1.01. The maximum Gasteiger partial charge on any atom is 0.208 e. The molecule has 0 unspecified atom stereocenters. The molecule has 2 heterocycles. The number of hydrogen-bond donors (Lipinski definition) is 1. The highest BCUT2D eigenvalue weighted by Gasteiger charge is 2.08. The van der Waals surface area contributed by atoms with Crippen LogP contribution in [0.15, 0.2) is 28.0 Å². The van der Waals surface area contributed by atoms with Crippen molar-refractivity contribution in [2.75, 3.05) is 0 Å². The Morgan fingerprint density at radius 2 is 2.29 bits per heavy atom. The van der Waals surface area contributed by atoms with Crippen molar-refractivity contribution in [1.82, 2.24) is 20.2 Å². The number of thioether (sulfide) groups is 1. The van der Waals surface area contributed by atoms with Crippen molar-refractivity contribution in [2.24, 2.45) is 0 Å². The van der Waals surface area contributed by atoms with Gasteiger partial charge < -0.3 is 0 Å². The number of aromatic amines is 1. The second-order valence-corrected chi connectivity index (χ2v) is 5.68. The van der Waals surface area contributed by atoms with Crippen LogP contribution >= 0.6 is 27.7 Å². The van der Waals surface area contributed by atoms with Gasteiger partial charge in [0.15, 0.2) is 0 Å². The molecule has 2 aromatic heterocycles. The fourth-order valence-electron chi connectivity index (χ4n) is 1.24. The zero-order valence-corrected chi connectivity index (χ0v) is 12.0. The van der Waals surface area contributed by atoms with Crippen molar-refractivity contribution in [1.29, 1.82) is 0 Å². The van der Waals surface area contributed by atoms with Crippen molar-refractivity contribution < 1.29 is 0 Å². The van der Waals surface area contributed by atoms with Crippen LogP contribution in [0.4, 0.5) is 0 Å². The van der Waals surface area contributed by atoms with E-state index < -0.39 is 0 Å². The first-order valence-electron chi connectivity index (χ1n) is 5.31. The Labute approximate surface area is 113 Å². The lowest BCUT2D eigenvalue weighted by Crippen LogP contribution is -1.90. The van der Waals surface area contributed by atoms with Crippen LogP contribution < -0.4 is 0 Å². The molecular weight excluding hydrogens is 300 g/mol. The number of halogens is 1. The summed E-state index contributed by atoms with van der Waals surface area (Å²) in [5.74, 6) is 2.06. The number of nitrogens with zero attached hydrogens (tertiary/aromatic N) is 3. The average molecular weight is 313 g/mol. The Morgan fingerprint density at radius 3 is 2.94 bits per heavy atom. The van der Waals surface area contributed by atoms with Gasteiger partial charge in [-0.15, -0.1) is 5.10 Å². The third kappa shape index (κ3) is 3.29. The number of pyridine rings is 1. The summed E-state index contributed by atoms with van der Waals surface area (Å²) >= 11 is 5.05. The van der Waals surface area contributed by atoms with Crippen LogP contribution in [0.3, 0.4) is 0 Å². The van der Waals surface area contributed by atoms with E-state index in [1.54, 1.807) is 18.0 Å². The molecule has 1 N–H and O–H groups in total. The van der Waals surface area contributed by atoms with Gasteiger partial charge in [0.05, 0.1) is 5.69 Å². The molecule has 0 aliphatic heterocycles. The molecule has 2 aromatic rings. The molecule has 0 amide bonds. The highest BCUT2D eigenvalue weighted by molar-refractivity contribution is 9.10. The lowest BCUT2D eigenvalue weighted by molar-refractivity contribution is 0.780. The Hall–Kier alpha value is -0.880. The Morgan fingerprint density at radius 1 is 1.47 bits per heavy atom. The molecule has 0 bridgehead atoms. The molecule has 4 nitrogen and oxygen atoms in total.